The van der Waals surface area contributed by atoms with Crippen LogP contribution >= 0.6 is 0 Å². The largest absolute Gasteiger partial charge is 0.504 e. The van der Waals surface area contributed by atoms with Gasteiger partial charge in [-0.2, -0.15) is 0 Å². The van der Waals surface area contributed by atoms with Crippen molar-refractivity contribution in [2.24, 2.45) is 0 Å². The summed E-state index contributed by atoms with van der Waals surface area (Å²) in [6.45, 7) is 2.29. The smallest absolute Gasteiger partial charge is 0.294 e. The van der Waals surface area contributed by atoms with E-state index >= 15 is 0 Å². The van der Waals surface area contributed by atoms with Crippen molar-refractivity contribution in [1.29, 1.82) is 0 Å². The van der Waals surface area contributed by atoms with Gasteiger partial charge in [0.2, 0.25) is 5.95 Å². The number of para-hydroxylation sites is 1. The molecule has 3 heterocycles. The van der Waals surface area contributed by atoms with E-state index < -0.39 is 0 Å². The molecule has 0 saturated heterocycles. The first-order chi connectivity index (χ1) is 18.3. The lowest BCUT2D eigenvalue weighted by Gasteiger charge is -2.23. The van der Waals surface area contributed by atoms with E-state index in [0.29, 0.717) is 29.3 Å². The van der Waals surface area contributed by atoms with Crippen LogP contribution in [0.1, 0.15) is 12.0 Å². The molecular weight excluding hydrogens is 484 g/mol. The number of nitro groups is 1. The summed E-state index contributed by atoms with van der Waals surface area (Å²) in [5, 5.41) is 30.0. The standard InChI is InChI=1S/C27H32N8O3/c1-28-20-13-22(33(4)12-11-32(2)3)23(35(37)38)14-21(20)30-27-29-15-24(36)25(31-27)19-16-34-10-6-8-17-7-5-9-18(19)26(17)34/h5,7,9,13-16,28,36H,6,8,10-12H2,1-4H3,(H,29,30,31). The number of anilines is 4. The normalized spacial score (nSPS) is 12.7. The summed E-state index contributed by atoms with van der Waals surface area (Å²) in [7, 11) is 7.52. The second-order valence-corrected chi connectivity index (χ2v) is 9.82. The van der Waals surface area contributed by atoms with Crippen LogP contribution < -0.4 is 15.5 Å². The van der Waals surface area contributed by atoms with Crippen molar-refractivity contribution in [3.05, 3.63) is 58.4 Å². The molecule has 0 bridgehead atoms. The summed E-state index contributed by atoms with van der Waals surface area (Å²) in [5.41, 5.74) is 5.29. The molecule has 0 fully saturated rings. The molecule has 11 heteroatoms. The monoisotopic (exact) mass is 516 g/mol. The molecule has 0 unspecified atom stereocenters. The van der Waals surface area contributed by atoms with E-state index in [4.69, 9.17) is 0 Å². The number of hydrogen-bond donors (Lipinski definition) is 3. The Kier molecular flexibility index (Phi) is 6.77. The van der Waals surface area contributed by atoms with Crippen LogP contribution in [0.15, 0.2) is 42.7 Å². The van der Waals surface area contributed by atoms with Gasteiger partial charge in [0.05, 0.1) is 28.0 Å². The van der Waals surface area contributed by atoms with Crippen molar-refractivity contribution < 1.29 is 10.0 Å². The maximum atomic E-state index is 12.0. The maximum absolute atomic E-state index is 12.0. The highest BCUT2D eigenvalue weighted by Gasteiger charge is 2.23. The topological polar surface area (TPSA) is 125 Å². The summed E-state index contributed by atoms with van der Waals surface area (Å²) in [6.07, 6.45) is 5.47. The van der Waals surface area contributed by atoms with E-state index in [1.807, 2.05) is 49.3 Å². The Morgan fingerprint density at radius 2 is 2.00 bits per heavy atom. The number of aromatic nitrogens is 3. The second-order valence-electron chi connectivity index (χ2n) is 9.82. The lowest BCUT2D eigenvalue weighted by atomic mass is 10.0. The Labute approximate surface area is 220 Å². The van der Waals surface area contributed by atoms with Crippen LogP contribution in [0.2, 0.25) is 0 Å². The van der Waals surface area contributed by atoms with Gasteiger partial charge in [0, 0.05) is 56.9 Å². The molecule has 0 aliphatic carbocycles. The number of nitro benzene ring substituents is 1. The number of benzene rings is 2. The molecule has 11 nitrogen and oxygen atoms in total. The van der Waals surface area contributed by atoms with Crippen molar-refractivity contribution in [3.8, 4) is 17.0 Å². The number of aromatic hydroxyl groups is 1. The molecule has 0 saturated carbocycles. The average molecular weight is 517 g/mol. The van der Waals surface area contributed by atoms with Gasteiger partial charge < -0.3 is 30.1 Å². The molecule has 0 amide bonds. The predicted molar refractivity (Wildman–Crippen MR) is 151 cm³/mol. The fourth-order valence-corrected chi connectivity index (χ4v) is 5.01. The summed E-state index contributed by atoms with van der Waals surface area (Å²) < 4.78 is 2.21. The summed E-state index contributed by atoms with van der Waals surface area (Å²) in [5.74, 6) is 0.196. The van der Waals surface area contributed by atoms with E-state index in [1.54, 1.807) is 13.1 Å². The highest BCUT2D eigenvalue weighted by atomic mass is 16.6. The fourth-order valence-electron chi connectivity index (χ4n) is 5.01. The van der Waals surface area contributed by atoms with Crippen LogP contribution in [0, 0.1) is 10.1 Å². The molecule has 2 aromatic heterocycles. The van der Waals surface area contributed by atoms with Crippen molar-refractivity contribution >= 4 is 39.6 Å². The number of nitrogens with one attached hydrogen (secondary N) is 2. The van der Waals surface area contributed by atoms with Gasteiger partial charge in [-0.1, -0.05) is 18.2 Å². The lowest BCUT2D eigenvalue weighted by molar-refractivity contribution is -0.384. The summed E-state index contributed by atoms with van der Waals surface area (Å²) >= 11 is 0. The number of nitrogens with zero attached hydrogens (tertiary/aromatic N) is 6. The van der Waals surface area contributed by atoms with Gasteiger partial charge in [0.1, 0.15) is 11.4 Å². The number of rotatable bonds is 9. The zero-order chi connectivity index (χ0) is 27.0. The van der Waals surface area contributed by atoms with Gasteiger partial charge in [0.15, 0.2) is 5.75 Å². The average Bonchev–Trinajstić information content (AvgIpc) is 3.28. The lowest BCUT2D eigenvalue weighted by Crippen LogP contribution is -2.29. The van der Waals surface area contributed by atoms with E-state index in [0.717, 1.165) is 36.9 Å². The SMILES string of the molecule is CNc1cc(N(C)CCN(C)C)c([N+](=O)[O-])cc1Nc1ncc(O)c(-c2cn3c4c(cccc24)CCC3)n1. The summed E-state index contributed by atoms with van der Waals surface area (Å²) in [4.78, 5) is 24.4. The van der Waals surface area contributed by atoms with Gasteiger partial charge in [-0.15, -0.1) is 0 Å². The predicted octanol–water partition coefficient (Wildman–Crippen LogP) is 4.44. The Morgan fingerprint density at radius 1 is 1.18 bits per heavy atom. The van der Waals surface area contributed by atoms with Crippen LogP contribution in [0.5, 0.6) is 5.75 Å². The van der Waals surface area contributed by atoms with Crippen molar-refractivity contribution in [2.75, 3.05) is 56.8 Å². The second kappa shape index (κ2) is 10.2. The molecular formula is C27H32N8O3. The zero-order valence-electron chi connectivity index (χ0n) is 22.0. The molecule has 1 aliphatic heterocycles. The van der Waals surface area contributed by atoms with E-state index in [2.05, 4.69) is 31.2 Å². The van der Waals surface area contributed by atoms with Crippen LogP contribution in [-0.2, 0) is 13.0 Å². The minimum Gasteiger partial charge on any atom is -0.504 e. The van der Waals surface area contributed by atoms with Gasteiger partial charge in [0.25, 0.3) is 5.69 Å². The Hall–Kier alpha value is -4.38. The third kappa shape index (κ3) is 4.68. The molecule has 0 radical (unpaired) electrons. The molecule has 198 valence electrons. The van der Waals surface area contributed by atoms with Gasteiger partial charge in [-0.25, -0.2) is 9.97 Å². The Bertz CT molecular complexity index is 1510. The minimum absolute atomic E-state index is 0.0271. The molecule has 0 atom stereocenters. The molecule has 0 spiro atoms. The van der Waals surface area contributed by atoms with Crippen molar-refractivity contribution in [3.63, 3.8) is 0 Å². The number of likely N-dealkylation sites (N-methyl/N-ethyl adjacent to an activating group) is 2. The van der Waals surface area contributed by atoms with E-state index in [1.165, 1.54) is 23.3 Å². The highest BCUT2D eigenvalue weighted by Crippen LogP contribution is 2.40. The van der Waals surface area contributed by atoms with Gasteiger partial charge in [-0.05, 0) is 38.6 Å². The molecule has 3 N–H and O–H groups in total. The van der Waals surface area contributed by atoms with E-state index in [-0.39, 0.29) is 22.3 Å². The minimum atomic E-state index is -0.386. The maximum Gasteiger partial charge on any atom is 0.294 e. The van der Waals surface area contributed by atoms with Gasteiger partial charge >= 0.3 is 0 Å². The Balaban J connectivity index is 1.53. The third-order valence-electron chi connectivity index (χ3n) is 6.97. The first-order valence-electron chi connectivity index (χ1n) is 12.6. The molecule has 4 aromatic rings. The molecule has 5 rings (SSSR count). The molecule has 1 aliphatic rings. The van der Waals surface area contributed by atoms with E-state index in [9.17, 15) is 15.2 Å². The van der Waals surface area contributed by atoms with Crippen molar-refractivity contribution in [2.45, 2.75) is 19.4 Å². The first-order valence-corrected chi connectivity index (χ1v) is 12.6. The van der Waals surface area contributed by atoms with Crippen LogP contribution in [0.3, 0.4) is 0 Å². The fraction of sp³-hybridized carbons (Fsp3) is 0.333. The Morgan fingerprint density at radius 3 is 2.74 bits per heavy atom. The van der Waals surface area contributed by atoms with Crippen LogP contribution in [0.4, 0.5) is 28.7 Å². The first kappa shape index (κ1) is 25.3. The van der Waals surface area contributed by atoms with Crippen molar-refractivity contribution in [1.82, 2.24) is 19.4 Å². The number of hydrogen-bond acceptors (Lipinski definition) is 9. The van der Waals surface area contributed by atoms with Crippen LogP contribution in [-0.4, -0.2) is 70.7 Å². The third-order valence-corrected chi connectivity index (χ3v) is 6.97. The quantitative estimate of drug-likeness (QED) is 0.219. The molecule has 38 heavy (non-hydrogen) atoms. The molecule has 2 aromatic carbocycles. The highest BCUT2D eigenvalue weighted by molar-refractivity contribution is 5.98. The van der Waals surface area contributed by atoms with Gasteiger partial charge in [-0.3, -0.25) is 10.1 Å². The van der Waals surface area contributed by atoms with Crippen LogP contribution in [0.25, 0.3) is 22.2 Å². The number of aryl methyl sites for hydroxylation is 2. The summed E-state index contributed by atoms with van der Waals surface area (Å²) in [6, 6.07) is 9.45. The zero-order valence-corrected chi connectivity index (χ0v) is 22.0.